The Balaban J connectivity index is 2.22. The number of piperazine rings is 1. The predicted molar refractivity (Wildman–Crippen MR) is 81.5 cm³/mol. The summed E-state index contributed by atoms with van der Waals surface area (Å²) in [6.07, 6.45) is 0. The van der Waals surface area contributed by atoms with E-state index < -0.39 is 0 Å². The van der Waals surface area contributed by atoms with Gasteiger partial charge < -0.3 is 16.0 Å². The molecule has 2 atom stereocenters. The number of benzene rings is 1. The Morgan fingerprint density at radius 3 is 2.74 bits per heavy atom. The average Bonchev–Trinajstić information content (AvgIpc) is 2.38. The maximum Gasteiger partial charge on any atom is 0.0466 e. The van der Waals surface area contributed by atoms with E-state index in [0.29, 0.717) is 12.0 Å². The lowest BCUT2D eigenvalue weighted by atomic mass is 9.90. The molecule has 1 aromatic rings. The summed E-state index contributed by atoms with van der Waals surface area (Å²) in [5.74, 6) is 0.550. The zero-order valence-electron chi connectivity index (χ0n) is 12.6. The number of hydrogen-bond donors (Lipinski definition) is 2. The van der Waals surface area contributed by atoms with Crippen LogP contribution in [0.1, 0.15) is 42.5 Å². The molecule has 0 spiro atoms. The first-order chi connectivity index (χ1) is 8.99. The minimum atomic E-state index is 0.0708. The fraction of sp³-hybridized carbons (Fsp3) is 0.625. The van der Waals surface area contributed by atoms with Crippen molar-refractivity contribution in [3.8, 4) is 0 Å². The molecular weight excluding hydrogens is 234 g/mol. The van der Waals surface area contributed by atoms with E-state index in [1.165, 1.54) is 16.7 Å². The van der Waals surface area contributed by atoms with Crippen LogP contribution in [0, 0.1) is 6.92 Å². The number of nitrogens with one attached hydrogen (secondary N) is 1. The zero-order valence-corrected chi connectivity index (χ0v) is 12.6. The first kappa shape index (κ1) is 14.5. The van der Waals surface area contributed by atoms with Crippen molar-refractivity contribution in [1.82, 2.24) is 10.2 Å². The third-order valence-electron chi connectivity index (χ3n) is 4.17. The zero-order chi connectivity index (χ0) is 14.0. The van der Waals surface area contributed by atoms with Crippen molar-refractivity contribution in [2.75, 3.05) is 26.7 Å². The normalized spacial score (nSPS) is 22.7. The first-order valence-electron chi connectivity index (χ1n) is 7.27. The fourth-order valence-electron chi connectivity index (χ4n) is 2.77. The van der Waals surface area contributed by atoms with Gasteiger partial charge in [-0.05, 0) is 36.6 Å². The highest BCUT2D eigenvalue weighted by molar-refractivity contribution is 5.35. The Bertz CT molecular complexity index is 428. The van der Waals surface area contributed by atoms with E-state index in [-0.39, 0.29) is 6.04 Å². The molecular formula is C16H27N3. The second kappa shape index (κ2) is 6.04. The number of aryl methyl sites for hydroxylation is 1. The topological polar surface area (TPSA) is 41.3 Å². The summed E-state index contributed by atoms with van der Waals surface area (Å²) in [6, 6.07) is 7.13. The maximum absolute atomic E-state index is 6.51. The SMILES string of the molecule is Cc1ccc(C(C)C)cc1C(N)C1CN(C)CCN1. The van der Waals surface area contributed by atoms with Gasteiger partial charge in [-0.2, -0.15) is 0 Å². The second-order valence-corrected chi connectivity index (χ2v) is 6.12. The van der Waals surface area contributed by atoms with Crippen LogP contribution in [0.2, 0.25) is 0 Å². The van der Waals surface area contributed by atoms with E-state index in [0.717, 1.165) is 19.6 Å². The van der Waals surface area contributed by atoms with Gasteiger partial charge in [0.15, 0.2) is 0 Å². The molecule has 3 nitrogen and oxygen atoms in total. The molecule has 0 amide bonds. The Labute approximate surface area is 117 Å². The Morgan fingerprint density at radius 1 is 1.37 bits per heavy atom. The molecule has 1 heterocycles. The summed E-state index contributed by atoms with van der Waals surface area (Å²) >= 11 is 0. The summed E-state index contributed by atoms with van der Waals surface area (Å²) in [7, 11) is 2.16. The molecule has 19 heavy (non-hydrogen) atoms. The van der Waals surface area contributed by atoms with E-state index in [4.69, 9.17) is 5.73 Å². The lowest BCUT2D eigenvalue weighted by molar-refractivity contribution is 0.219. The molecule has 3 heteroatoms. The van der Waals surface area contributed by atoms with Gasteiger partial charge in [0.05, 0.1) is 0 Å². The van der Waals surface area contributed by atoms with Crippen molar-refractivity contribution in [3.63, 3.8) is 0 Å². The largest absolute Gasteiger partial charge is 0.323 e. The molecule has 3 N–H and O–H groups in total. The molecule has 2 rings (SSSR count). The van der Waals surface area contributed by atoms with Gasteiger partial charge in [-0.3, -0.25) is 0 Å². The Morgan fingerprint density at radius 2 is 2.11 bits per heavy atom. The number of rotatable bonds is 3. The monoisotopic (exact) mass is 261 g/mol. The molecule has 0 aromatic heterocycles. The van der Waals surface area contributed by atoms with Crippen LogP contribution in [0.4, 0.5) is 0 Å². The summed E-state index contributed by atoms with van der Waals surface area (Å²) < 4.78 is 0. The van der Waals surface area contributed by atoms with Gasteiger partial charge in [0.25, 0.3) is 0 Å². The van der Waals surface area contributed by atoms with Crippen LogP contribution in [-0.2, 0) is 0 Å². The van der Waals surface area contributed by atoms with E-state index in [1.807, 2.05) is 0 Å². The lowest BCUT2D eigenvalue weighted by Crippen LogP contribution is -2.53. The molecule has 1 saturated heterocycles. The highest BCUT2D eigenvalue weighted by Crippen LogP contribution is 2.25. The van der Waals surface area contributed by atoms with Crippen molar-refractivity contribution in [3.05, 3.63) is 34.9 Å². The number of hydrogen-bond acceptors (Lipinski definition) is 3. The number of nitrogens with zero attached hydrogens (tertiary/aromatic N) is 1. The quantitative estimate of drug-likeness (QED) is 0.874. The summed E-state index contributed by atoms with van der Waals surface area (Å²) in [6.45, 7) is 9.77. The standard InChI is InChI=1S/C16H27N3/c1-11(2)13-6-5-12(3)14(9-13)16(17)15-10-19(4)8-7-18-15/h5-6,9,11,15-16,18H,7-8,10,17H2,1-4H3. The smallest absolute Gasteiger partial charge is 0.0466 e. The van der Waals surface area contributed by atoms with Gasteiger partial charge in [-0.25, -0.2) is 0 Å². The van der Waals surface area contributed by atoms with Crippen molar-refractivity contribution in [2.45, 2.75) is 38.8 Å². The maximum atomic E-state index is 6.51. The van der Waals surface area contributed by atoms with Gasteiger partial charge in [0, 0.05) is 31.7 Å². The van der Waals surface area contributed by atoms with E-state index in [2.05, 4.69) is 56.2 Å². The van der Waals surface area contributed by atoms with E-state index in [9.17, 15) is 0 Å². The molecule has 0 saturated carbocycles. The molecule has 0 aliphatic carbocycles. The number of likely N-dealkylation sites (N-methyl/N-ethyl adjacent to an activating group) is 1. The van der Waals surface area contributed by atoms with Crippen LogP contribution < -0.4 is 11.1 Å². The molecule has 106 valence electrons. The van der Waals surface area contributed by atoms with Gasteiger partial charge in [0.1, 0.15) is 0 Å². The van der Waals surface area contributed by atoms with Crippen LogP contribution in [0.3, 0.4) is 0 Å². The molecule has 1 aliphatic heterocycles. The highest BCUT2D eigenvalue weighted by Gasteiger charge is 2.25. The number of nitrogens with two attached hydrogens (primary N) is 1. The first-order valence-corrected chi connectivity index (χ1v) is 7.27. The molecule has 0 bridgehead atoms. The van der Waals surface area contributed by atoms with Gasteiger partial charge in [-0.1, -0.05) is 32.0 Å². The van der Waals surface area contributed by atoms with Crippen LogP contribution in [0.5, 0.6) is 0 Å². The lowest BCUT2D eigenvalue weighted by Gasteiger charge is -2.35. The van der Waals surface area contributed by atoms with E-state index in [1.54, 1.807) is 0 Å². The summed E-state index contributed by atoms with van der Waals surface area (Å²) in [5, 5.41) is 3.56. The van der Waals surface area contributed by atoms with Crippen molar-refractivity contribution in [1.29, 1.82) is 0 Å². The van der Waals surface area contributed by atoms with Crippen LogP contribution >= 0.6 is 0 Å². The van der Waals surface area contributed by atoms with Gasteiger partial charge in [0.2, 0.25) is 0 Å². The Kier molecular flexibility index (Phi) is 4.61. The van der Waals surface area contributed by atoms with Crippen LogP contribution in [0.25, 0.3) is 0 Å². The van der Waals surface area contributed by atoms with Crippen molar-refractivity contribution in [2.24, 2.45) is 5.73 Å². The average molecular weight is 261 g/mol. The van der Waals surface area contributed by atoms with Crippen molar-refractivity contribution >= 4 is 0 Å². The van der Waals surface area contributed by atoms with Gasteiger partial charge in [-0.15, -0.1) is 0 Å². The third-order valence-corrected chi connectivity index (χ3v) is 4.17. The minimum Gasteiger partial charge on any atom is -0.323 e. The second-order valence-electron chi connectivity index (χ2n) is 6.12. The minimum absolute atomic E-state index is 0.0708. The molecule has 2 unspecified atom stereocenters. The molecule has 0 radical (unpaired) electrons. The summed E-state index contributed by atoms with van der Waals surface area (Å²) in [4.78, 5) is 2.35. The molecule has 1 aliphatic rings. The molecule has 1 aromatic carbocycles. The molecule has 1 fully saturated rings. The summed E-state index contributed by atoms with van der Waals surface area (Å²) in [5.41, 5.74) is 10.5. The van der Waals surface area contributed by atoms with E-state index >= 15 is 0 Å². The predicted octanol–water partition coefficient (Wildman–Crippen LogP) is 2.02. The van der Waals surface area contributed by atoms with Crippen LogP contribution in [-0.4, -0.2) is 37.6 Å². The fourth-order valence-corrected chi connectivity index (χ4v) is 2.77. The highest BCUT2D eigenvalue weighted by atomic mass is 15.2. The third kappa shape index (κ3) is 3.35. The van der Waals surface area contributed by atoms with Crippen molar-refractivity contribution < 1.29 is 0 Å². The van der Waals surface area contributed by atoms with Crippen LogP contribution in [0.15, 0.2) is 18.2 Å². The van der Waals surface area contributed by atoms with Gasteiger partial charge >= 0.3 is 0 Å². The Hall–Kier alpha value is -0.900.